The molecule has 2 heteroatoms. The van der Waals surface area contributed by atoms with E-state index >= 15 is 0 Å². The van der Waals surface area contributed by atoms with Gasteiger partial charge in [-0.2, -0.15) is 0 Å². The lowest BCUT2D eigenvalue weighted by molar-refractivity contribution is 0.0332. The van der Waals surface area contributed by atoms with E-state index in [0.29, 0.717) is 0 Å². The van der Waals surface area contributed by atoms with Crippen molar-refractivity contribution >= 4 is 0 Å². The molecule has 1 aliphatic heterocycles. The Labute approximate surface area is 98.0 Å². The van der Waals surface area contributed by atoms with Gasteiger partial charge >= 0.3 is 0 Å². The van der Waals surface area contributed by atoms with Gasteiger partial charge < -0.3 is 10.1 Å². The third-order valence-corrected chi connectivity index (χ3v) is 3.05. The van der Waals surface area contributed by atoms with Gasteiger partial charge in [0.1, 0.15) is 11.4 Å². The fraction of sp³-hybridized carbons (Fsp3) is 0.571. The largest absolute Gasteiger partial charge is 0.485 e. The van der Waals surface area contributed by atoms with E-state index in [1.807, 2.05) is 6.07 Å². The summed E-state index contributed by atoms with van der Waals surface area (Å²) in [6, 6.07) is 8.35. The predicted octanol–water partition coefficient (Wildman–Crippen LogP) is 2.72. The number of hydrogen-bond donors (Lipinski definition) is 1. The molecule has 1 N–H and O–H groups in total. The van der Waals surface area contributed by atoms with Crippen LogP contribution in [0.3, 0.4) is 0 Å². The molecule has 0 aliphatic carbocycles. The smallest absolute Gasteiger partial charge is 0.131 e. The van der Waals surface area contributed by atoms with Crippen LogP contribution in [0.4, 0.5) is 0 Å². The predicted molar refractivity (Wildman–Crippen MR) is 67.0 cm³/mol. The van der Waals surface area contributed by atoms with Crippen LogP contribution in [0.5, 0.6) is 5.75 Å². The fourth-order valence-corrected chi connectivity index (χ4v) is 1.99. The molecule has 0 aromatic heterocycles. The fourth-order valence-electron chi connectivity index (χ4n) is 1.99. The molecule has 1 saturated heterocycles. The second-order valence-electron chi connectivity index (χ2n) is 5.90. The summed E-state index contributed by atoms with van der Waals surface area (Å²) < 4.78 is 6.13. The third kappa shape index (κ3) is 2.22. The zero-order valence-electron chi connectivity index (χ0n) is 10.6. The van der Waals surface area contributed by atoms with E-state index in [0.717, 1.165) is 18.8 Å². The molecule has 1 aliphatic rings. The average Bonchev–Trinajstić information content (AvgIpc) is 2.14. The van der Waals surface area contributed by atoms with Crippen LogP contribution in [0.1, 0.15) is 33.3 Å². The summed E-state index contributed by atoms with van der Waals surface area (Å²) >= 11 is 0. The number of rotatable bonds is 2. The van der Waals surface area contributed by atoms with Crippen LogP contribution in [-0.4, -0.2) is 18.7 Å². The summed E-state index contributed by atoms with van der Waals surface area (Å²) in [5.41, 5.74) is 1.38. The summed E-state index contributed by atoms with van der Waals surface area (Å²) in [6.45, 7) is 10.7. The van der Waals surface area contributed by atoms with E-state index in [1.165, 1.54) is 5.56 Å². The maximum Gasteiger partial charge on any atom is 0.131 e. The normalized spacial score (nSPS) is 19.0. The Hall–Kier alpha value is -1.02. The molecule has 0 radical (unpaired) electrons. The molecule has 0 saturated carbocycles. The van der Waals surface area contributed by atoms with Crippen molar-refractivity contribution in [2.45, 2.75) is 38.7 Å². The van der Waals surface area contributed by atoms with Gasteiger partial charge in [0.05, 0.1) is 0 Å². The van der Waals surface area contributed by atoms with E-state index in [9.17, 15) is 0 Å². The Kier molecular flexibility index (Phi) is 2.70. The van der Waals surface area contributed by atoms with Crippen molar-refractivity contribution < 1.29 is 4.74 Å². The summed E-state index contributed by atoms with van der Waals surface area (Å²) in [4.78, 5) is 0. The zero-order valence-corrected chi connectivity index (χ0v) is 10.6. The molecule has 1 aromatic rings. The molecule has 0 bridgehead atoms. The number of benzene rings is 1. The van der Waals surface area contributed by atoms with Gasteiger partial charge in [-0.15, -0.1) is 0 Å². The Morgan fingerprint density at radius 3 is 2.31 bits per heavy atom. The molecule has 0 amide bonds. The van der Waals surface area contributed by atoms with Gasteiger partial charge in [-0.3, -0.25) is 0 Å². The molecule has 1 heterocycles. The van der Waals surface area contributed by atoms with Gasteiger partial charge in [0.15, 0.2) is 0 Å². The van der Waals surface area contributed by atoms with Crippen molar-refractivity contribution in [3.05, 3.63) is 29.8 Å². The van der Waals surface area contributed by atoms with E-state index in [1.54, 1.807) is 0 Å². The molecule has 2 rings (SSSR count). The molecule has 2 nitrogen and oxygen atoms in total. The maximum absolute atomic E-state index is 6.13. The van der Waals surface area contributed by atoms with Crippen LogP contribution in [0.15, 0.2) is 24.3 Å². The minimum Gasteiger partial charge on any atom is -0.485 e. The average molecular weight is 219 g/mol. The lowest BCUT2D eigenvalue weighted by atomic mass is 9.86. The SMILES string of the molecule is CC1(Oc2ccccc2C(C)(C)C)CNC1. The standard InChI is InChI=1S/C14H21NO/c1-13(2,3)11-7-5-6-8-12(11)16-14(4)9-15-10-14/h5-8,15H,9-10H2,1-4H3. The first-order valence-electron chi connectivity index (χ1n) is 5.90. The second-order valence-corrected chi connectivity index (χ2v) is 5.90. The van der Waals surface area contributed by atoms with E-state index in [-0.39, 0.29) is 11.0 Å². The summed E-state index contributed by atoms with van der Waals surface area (Å²) in [5.74, 6) is 1.03. The summed E-state index contributed by atoms with van der Waals surface area (Å²) in [6.07, 6.45) is 0. The summed E-state index contributed by atoms with van der Waals surface area (Å²) in [7, 11) is 0. The Morgan fingerprint density at radius 1 is 1.19 bits per heavy atom. The highest BCUT2D eigenvalue weighted by atomic mass is 16.5. The molecule has 1 aromatic carbocycles. The number of ether oxygens (including phenoxy) is 1. The first kappa shape index (κ1) is 11.5. The number of para-hydroxylation sites is 1. The van der Waals surface area contributed by atoms with E-state index < -0.39 is 0 Å². The van der Waals surface area contributed by atoms with Crippen LogP contribution in [0, 0.1) is 0 Å². The molecular weight excluding hydrogens is 198 g/mol. The van der Waals surface area contributed by atoms with Crippen molar-refractivity contribution in [1.82, 2.24) is 5.32 Å². The first-order chi connectivity index (χ1) is 7.41. The Morgan fingerprint density at radius 2 is 1.81 bits per heavy atom. The molecule has 0 spiro atoms. The minimum absolute atomic E-state index is 0.0264. The van der Waals surface area contributed by atoms with Gasteiger partial charge in [0, 0.05) is 13.1 Å². The van der Waals surface area contributed by atoms with Crippen LogP contribution >= 0.6 is 0 Å². The molecular formula is C14H21NO. The van der Waals surface area contributed by atoms with Gasteiger partial charge in [0.2, 0.25) is 0 Å². The highest BCUT2D eigenvalue weighted by Crippen LogP contribution is 2.33. The highest BCUT2D eigenvalue weighted by Gasteiger charge is 2.35. The molecule has 16 heavy (non-hydrogen) atoms. The maximum atomic E-state index is 6.13. The number of hydrogen-bond acceptors (Lipinski definition) is 2. The van der Waals surface area contributed by atoms with Crippen molar-refractivity contribution in [3.63, 3.8) is 0 Å². The van der Waals surface area contributed by atoms with Crippen LogP contribution in [0.2, 0.25) is 0 Å². The van der Waals surface area contributed by atoms with Gasteiger partial charge in [-0.25, -0.2) is 0 Å². The minimum atomic E-state index is -0.0264. The molecule has 1 fully saturated rings. The monoisotopic (exact) mass is 219 g/mol. The molecule has 0 unspecified atom stereocenters. The zero-order chi connectivity index (χ0) is 11.8. The third-order valence-electron chi connectivity index (χ3n) is 3.05. The van der Waals surface area contributed by atoms with Gasteiger partial charge in [-0.05, 0) is 24.0 Å². The van der Waals surface area contributed by atoms with Crippen LogP contribution < -0.4 is 10.1 Å². The van der Waals surface area contributed by atoms with E-state index in [2.05, 4.69) is 51.2 Å². The van der Waals surface area contributed by atoms with E-state index in [4.69, 9.17) is 4.74 Å². The Bertz CT molecular complexity index is 375. The van der Waals surface area contributed by atoms with Crippen molar-refractivity contribution in [2.75, 3.05) is 13.1 Å². The topological polar surface area (TPSA) is 21.3 Å². The molecule has 88 valence electrons. The van der Waals surface area contributed by atoms with Gasteiger partial charge in [-0.1, -0.05) is 39.0 Å². The second kappa shape index (κ2) is 3.77. The quantitative estimate of drug-likeness (QED) is 0.825. The van der Waals surface area contributed by atoms with Crippen molar-refractivity contribution in [3.8, 4) is 5.75 Å². The van der Waals surface area contributed by atoms with Crippen molar-refractivity contribution in [1.29, 1.82) is 0 Å². The van der Waals surface area contributed by atoms with Crippen molar-refractivity contribution in [2.24, 2.45) is 0 Å². The molecule has 0 atom stereocenters. The number of nitrogens with one attached hydrogen (secondary N) is 1. The first-order valence-corrected chi connectivity index (χ1v) is 5.90. The van der Waals surface area contributed by atoms with Gasteiger partial charge in [0.25, 0.3) is 0 Å². The lowest BCUT2D eigenvalue weighted by Crippen LogP contribution is -2.61. The van der Waals surface area contributed by atoms with Crippen LogP contribution in [0.25, 0.3) is 0 Å². The highest BCUT2D eigenvalue weighted by molar-refractivity contribution is 5.39. The lowest BCUT2D eigenvalue weighted by Gasteiger charge is -2.40. The summed E-state index contributed by atoms with van der Waals surface area (Å²) in [5, 5.41) is 3.26. The van der Waals surface area contributed by atoms with Crippen LogP contribution in [-0.2, 0) is 5.41 Å². The Balaban J connectivity index is 2.26.